The molecule has 3 rings (SSSR count). The lowest BCUT2D eigenvalue weighted by Crippen LogP contribution is -2.51. The van der Waals surface area contributed by atoms with Crippen LogP contribution in [-0.4, -0.2) is 46.0 Å². The van der Waals surface area contributed by atoms with E-state index in [9.17, 15) is 14.4 Å². The van der Waals surface area contributed by atoms with Crippen molar-refractivity contribution in [3.8, 4) is 11.4 Å². The van der Waals surface area contributed by atoms with E-state index in [-0.39, 0.29) is 29.6 Å². The fraction of sp³-hybridized carbons (Fsp3) is 0.500. The summed E-state index contributed by atoms with van der Waals surface area (Å²) in [5.74, 6) is -0.890. The highest BCUT2D eigenvalue weighted by Gasteiger charge is 2.54. The lowest BCUT2D eigenvalue weighted by atomic mass is 9.72. The molecule has 0 radical (unpaired) electrons. The van der Waals surface area contributed by atoms with E-state index in [1.54, 1.807) is 12.1 Å². The average Bonchev–Trinajstić information content (AvgIpc) is 2.95. The summed E-state index contributed by atoms with van der Waals surface area (Å²) >= 11 is 0. The molecular formula is C24H33BN4O5. The SMILES string of the molecule is CC(=O)Nc1c(CC(=O)NC(B2OC(C)(C)C(C)(C)O2)C(C)C)nc(-c2ccccc2)[nH]c1=O. The fourth-order valence-corrected chi connectivity index (χ4v) is 3.66. The molecule has 34 heavy (non-hydrogen) atoms. The Kier molecular flexibility index (Phi) is 7.33. The number of rotatable bonds is 7. The van der Waals surface area contributed by atoms with Crippen LogP contribution in [0.15, 0.2) is 35.1 Å². The van der Waals surface area contributed by atoms with Gasteiger partial charge in [-0.15, -0.1) is 0 Å². The summed E-state index contributed by atoms with van der Waals surface area (Å²) in [5, 5.41) is 5.49. The maximum Gasteiger partial charge on any atom is 0.482 e. The topological polar surface area (TPSA) is 122 Å². The molecule has 1 aromatic carbocycles. The highest BCUT2D eigenvalue weighted by Crippen LogP contribution is 2.38. The number of H-pyrrole nitrogens is 1. The summed E-state index contributed by atoms with van der Waals surface area (Å²) in [4.78, 5) is 44.7. The molecule has 0 saturated carbocycles. The molecule has 1 atom stereocenters. The minimum absolute atomic E-state index is 0.0143. The number of hydrogen-bond acceptors (Lipinski definition) is 6. The Bertz CT molecular complexity index is 1100. The van der Waals surface area contributed by atoms with Gasteiger partial charge in [0.05, 0.1) is 29.3 Å². The zero-order valence-corrected chi connectivity index (χ0v) is 20.8. The van der Waals surface area contributed by atoms with Crippen LogP contribution >= 0.6 is 0 Å². The van der Waals surface area contributed by atoms with Crippen LogP contribution in [0.1, 0.15) is 54.2 Å². The number of carbonyl (C=O) groups is 2. The molecule has 10 heteroatoms. The predicted molar refractivity (Wildman–Crippen MR) is 131 cm³/mol. The predicted octanol–water partition coefficient (Wildman–Crippen LogP) is 2.71. The third-order valence-electron chi connectivity index (χ3n) is 6.28. The molecule has 0 bridgehead atoms. The molecule has 0 spiro atoms. The first-order valence-electron chi connectivity index (χ1n) is 11.4. The Morgan fingerprint density at radius 2 is 1.68 bits per heavy atom. The minimum atomic E-state index is -0.629. The van der Waals surface area contributed by atoms with Crippen molar-refractivity contribution in [2.75, 3.05) is 5.32 Å². The number of amides is 2. The number of hydrogen-bond donors (Lipinski definition) is 3. The molecule has 182 valence electrons. The molecule has 1 aliphatic rings. The summed E-state index contributed by atoms with van der Waals surface area (Å²) in [6, 6.07) is 9.09. The maximum absolute atomic E-state index is 13.1. The standard InChI is InChI=1S/C24H33BN4O5/c1-14(2)20(25-33-23(4,5)24(6,7)34-25)28-18(31)13-17-19(26-15(3)30)22(32)29-21(27-17)16-11-9-8-10-12-16/h8-12,14,20H,13H2,1-7H3,(H,26,30)(H,28,31)(H,27,29,32). The van der Waals surface area contributed by atoms with Gasteiger partial charge in [0.2, 0.25) is 11.8 Å². The third-order valence-corrected chi connectivity index (χ3v) is 6.28. The van der Waals surface area contributed by atoms with Crippen LogP contribution in [0.25, 0.3) is 11.4 Å². The number of nitrogens with one attached hydrogen (secondary N) is 3. The van der Waals surface area contributed by atoms with Crippen molar-refractivity contribution in [3.63, 3.8) is 0 Å². The molecule has 0 aliphatic carbocycles. The lowest BCUT2D eigenvalue weighted by Gasteiger charge is -2.32. The summed E-state index contributed by atoms with van der Waals surface area (Å²) in [6.07, 6.45) is -0.206. The highest BCUT2D eigenvalue weighted by atomic mass is 16.7. The first-order valence-corrected chi connectivity index (χ1v) is 11.4. The second-order valence-corrected chi connectivity index (χ2v) is 9.92. The molecule has 2 heterocycles. The van der Waals surface area contributed by atoms with Gasteiger partial charge < -0.3 is 24.9 Å². The third kappa shape index (κ3) is 5.56. The Morgan fingerprint density at radius 3 is 2.21 bits per heavy atom. The summed E-state index contributed by atoms with van der Waals surface area (Å²) in [5.41, 5.74) is -0.781. The maximum atomic E-state index is 13.1. The largest absolute Gasteiger partial charge is 0.482 e. The fourth-order valence-electron chi connectivity index (χ4n) is 3.66. The molecule has 1 unspecified atom stereocenters. The van der Waals surface area contributed by atoms with Crippen LogP contribution in [0.3, 0.4) is 0 Å². The van der Waals surface area contributed by atoms with Gasteiger partial charge in [0.15, 0.2) is 0 Å². The monoisotopic (exact) mass is 468 g/mol. The Morgan fingerprint density at radius 1 is 1.09 bits per heavy atom. The zero-order chi connectivity index (χ0) is 25.3. The molecule has 9 nitrogen and oxygen atoms in total. The summed E-state index contributed by atoms with van der Waals surface area (Å²) in [7, 11) is -0.629. The lowest BCUT2D eigenvalue weighted by molar-refractivity contribution is -0.121. The van der Waals surface area contributed by atoms with Gasteiger partial charge in [-0.3, -0.25) is 14.4 Å². The Labute approximate surface area is 200 Å². The summed E-state index contributed by atoms with van der Waals surface area (Å²) in [6.45, 7) is 13.1. The van der Waals surface area contributed by atoms with Gasteiger partial charge in [0.1, 0.15) is 11.5 Å². The molecule has 2 amide bonds. The van der Waals surface area contributed by atoms with Crippen LogP contribution < -0.4 is 16.2 Å². The van der Waals surface area contributed by atoms with Crippen molar-refractivity contribution >= 4 is 24.6 Å². The van der Waals surface area contributed by atoms with E-state index in [0.29, 0.717) is 11.4 Å². The molecule has 1 saturated heterocycles. The molecule has 1 aromatic heterocycles. The molecular weight excluding hydrogens is 435 g/mol. The van der Waals surface area contributed by atoms with E-state index >= 15 is 0 Å². The Balaban J connectivity index is 1.88. The van der Waals surface area contributed by atoms with Gasteiger partial charge in [-0.1, -0.05) is 44.2 Å². The van der Waals surface area contributed by atoms with E-state index in [4.69, 9.17) is 9.31 Å². The second kappa shape index (κ2) is 9.72. The molecule has 3 N–H and O–H groups in total. The van der Waals surface area contributed by atoms with E-state index in [1.807, 2.05) is 59.7 Å². The highest BCUT2D eigenvalue weighted by molar-refractivity contribution is 6.48. The zero-order valence-electron chi connectivity index (χ0n) is 20.8. The number of benzene rings is 1. The molecule has 1 aliphatic heterocycles. The Hall–Kier alpha value is -2.98. The van der Waals surface area contributed by atoms with Gasteiger partial charge in [-0.2, -0.15) is 0 Å². The number of anilines is 1. The molecule has 1 fully saturated rings. The number of nitrogens with zero attached hydrogens (tertiary/aromatic N) is 1. The smallest absolute Gasteiger partial charge is 0.402 e. The summed E-state index contributed by atoms with van der Waals surface area (Å²) < 4.78 is 12.3. The van der Waals surface area contributed by atoms with Crippen LogP contribution in [0, 0.1) is 5.92 Å². The van der Waals surface area contributed by atoms with Crippen molar-refractivity contribution in [1.82, 2.24) is 15.3 Å². The number of carbonyl (C=O) groups excluding carboxylic acids is 2. The number of aromatic nitrogens is 2. The quantitative estimate of drug-likeness (QED) is 0.537. The van der Waals surface area contributed by atoms with Crippen LogP contribution in [0.5, 0.6) is 0 Å². The van der Waals surface area contributed by atoms with Crippen LogP contribution in [0.4, 0.5) is 5.69 Å². The van der Waals surface area contributed by atoms with E-state index < -0.39 is 35.7 Å². The normalized spacial score (nSPS) is 17.5. The van der Waals surface area contributed by atoms with Gasteiger partial charge in [0, 0.05) is 12.5 Å². The second-order valence-electron chi connectivity index (χ2n) is 9.92. The van der Waals surface area contributed by atoms with Crippen LogP contribution in [-0.2, 0) is 25.3 Å². The van der Waals surface area contributed by atoms with E-state index in [1.165, 1.54) is 6.92 Å². The van der Waals surface area contributed by atoms with Gasteiger partial charge in [-0.05, 0) is 33.6 Å². The van der Waals surface area contributed by atoms with Crippen molar-refractivity contribution in [2.24, 2.45) is 5.92 Å². The minimum Gasteiger partial charge on any atom is -0.402 e. The van der Waals surface area contributed by atoms with Gasteiger partial charge in [0.25, 0.3) is 5.56 Å². The average molecular weight is 468 g/mol. The van der Waals surface area contributed by atoms with Crippen molar-refractivity contribution < 1.29 is 18.9 Å². The van der Waals surface area contributed by atoms with Gasteiger partial charge in [-0.25, -0.2) is 4.98 Å². The van der Waals surface area contributed by atoms with Gasteiger partial charge >= 0.3 is 7.12 Å². The first kappa shape index (κ1) is 25.6. The van der Waals surface area contributed by atoms with E-state index in [0.717, 1.165) is 0 Å². The number of aromatic amines is 1. The van der Waals surface area contributed by atoms with E-state index in [2.05, 4.69) is 20.6 Å². The molecule has 2 aromatic rings. The van der Waals surface area contributed by atoms with Crippen molar-refractivity contribution in [1.29, 1.82) is 0 Å². The van der Waals surface area contributed by atoms with Crippen molar-refractivity contribution in [2.45, 2.75) is 72.0 Å². The first-order chi connectivity index (χ1) is 15.8. The van der Waals surface area contributed by atoms with Crippen LogP contribution in [0.2, 0.25) is 0 Å². The van der Waals surface area contributed by atoms with Crippen molar-refractivity contribution in [3.05, 3.63) is 46.4 Å².